The van der Waals surface area contributed by atoms with Crippen molar-refractivity contribution in [2.45, 2.75) is 418 Å². The minimum Gasteiger partial charge on any atom is -0.462 e. The van der Waals surface area contributed by atoms with Crippen LogP contribution in [0.2, 0.25) is 0 Å². The van der Waals surface area contributed by atoms with E-state index < -0.39 is 97.5 Å². The van der Waals surface area contributed by atoms with Crippen molar-refractivity contribution in [2.75, 3.05) is 39.6 Å². The first-order chi connectivity index (χ1) is 47.7. The first-order valence-corrected chi connectivity index (χ1v) is 43.6. The molecule has 5 atom stereocenters. The van der Waals surface area contributed by atoms with Gasteiger partial charge in [-0.15, -0.1) is 0 Å². The predicted molar refractivity (Wildman–Crippen MR) is 400 cm³/mol. The SMILES string of the molecule is CCCCCC/C=C\CCCCCCCCCC(=O)OC[C@H](COP(=O)(O)OC[C@@H](O)COP(=O)(O)OC[C@@H](COC(=O)CCCCCCC/C=C\CCCCCC)OC(=O)CCCCCCCCCCCCCCCCC)OC(=O)CCCCCCCCCCCCCCCCC. The van der Waals surface area contributed by atoms with Gasteiger partial charge in [0.2, 0.25) is 0 Å². The van der Waals surface area contributed by atoms with Gasteiger partial charge in [0.1, 0.15) is 19.3 Å². The molecule has 98 heavy (non-hydrogen) atoms. The van der Waals surface area contributed by atoms with E-state index in [1.54, 1.807) is 0 Å². The van der Waals surface area contributed by atoms with E-state index in [1.165, 1.54) is 193 Å². The number of esters is 4. The van der Waals surface area contributed by atoms with Crippen molar-refractivity contribution < 1.29 is 80.2 Å². The van der Waals surface area contributed by atoms with E-state index in [0.29, 0.717) is 25.7 Å². The Bertz CT molecular complexity index is 1950. The topological polar surface area (TPSA) is 237 Å². The molecule has 0 aliphatic rings. The van der Waals surface area contributed by atoms with Gasteiger partial charge in [-0.25, -0.2) is 9.13 Å². The van der Waals surface area contributed by atoms with Gasteiger partial charge < -0.3 is 33.8 Å². The molecule has 0 spiro atoms. The highest BCUT2D eigenvalue weighted by atomic mass is 31.2. The number of hydrogen-bond acceptors (Lipinski definition) is 15. The summed E-state index contributed by atoms with van der Waals surface area (Å²) in [6, 6.07) is 0. The van der Waals surface area contributed by atoms with Gasteiger partial charge in [0.25, 0.3) is 0 Å². The van der Waals surface area contributed by atoms with E-state index >= 15 is 0 Å². The number of carbonyl (C=O) groups excluding carboxylic acids is 4. The molecule has 0 rings (SSSR count). The average Bonchev–Trinajstić information content (AvgIpc) is 1.04. The van der Waals surface area contributed by atoms with Crippen LogP contribution >= 0.6 is 15.6 Å². The van der Waals surface area contributed by atoms with Crippen LogP contribution in [0.3, 0.4) is 0 Å². The molecule has 3 N–H and O–H groups in total. The molecule has 0 radical (unpaired) electrons. The van der Waals surface area contributed by atoms with Gasteiger partial charge in [-0.3, -0.25) is 37.3 Å². The third-order valence-electron chi connectivity index (χ3n) is 17.9. The zero-order valence-electron chi connectivity index (χ0n) is 63.2. The molecule has 0 amide bonds. The molecule has 0 saturated heterocycles. The summed E-state index contributed by atoms with van der Waals surface area (Å²) in [5.41, 5.74) is 0. The summed E-state index contributed by atoms with van der Waals surface area (Å²) in [5, 5.41) is 10.6. The Labute approximate surface area is 599 Å². The largest absolute Gasteiger partial charge is 0.472 e. The molecule has 0 aromatic rings. The minimum absolute atomic E-state index is 0.104. The van der Waals surface area contributed by atoms with Crippen LogP contribution in [0.15, 0.2) is 24.3 Å². The van der Waals surface area contributed by atoms with E-state index in [4.69, 9.17) is 37.0 Å². The fourth-order valence-electron chi connectivity index (χ4n) is 11.7. The molecular formula is C79H150O17P2. The number of hydrogen-bond donors (Lipinski definition) is 3. The lowest BCUT2D eigenvalue weighted by molar-refractivity contribution is -0.161. The second-order valence-electron chi connectivity index (χ2n) is 27.7. The van der Waals surface area contributed by atoms with Crippen LogP contribution in [0.4, 0.5) is 0 Å². The average molecular weight is 1430 g/mol. The van der Waals surface area contributed by atoms with Crippen LogP contribution in [0, 0.1) is 0 Å². The van der Waals surface area contributed by atoms with Crippen LogP contribution in [0.1, 0.15) is 400 Å². The highest BCUT2D eigenvalue weighted by Gasteiger charge is 2.30. The van der Waals surface area contributed by atoms with Gasteiger partial charge in [-0.05, 0) is 77.0 Å². The lowest BCUT2D eigenvalue weighted by atomic mass is 10.0. The summed E-state index contributed by atoms with van der Waals surface area (Å²) in [6.45, 7) is 4.95. The summed E-state index contributed by atoms with van der Waals surface area (Å²) >= 11 is 0. The van der Waals surface area contributed by atoms with E-state index in [0.717, 1.165) is 128 Å². The zero-order valence-corrected chi connectivity index (χ0v) is 65.0. The molecule has 578 valence electrons. The molecule has 0 aliphatic heterocycles. The number of rotatable bonds is 78. The molecule has 0 heterocycles. The number of ether oxygens (including phenoxy) is 4. The second kappa shape index (κ2) is 72.9. The van der Waals surface area contributed by atoms with Crippen LogP contribution < -0.4 is 0 Å². The van der Waals surface area contributed by atoms with E-state index in [-0.39, 0.29) is 25.7 Å². The van der Waals surface area contributed by atoms with Crippen molar-refractivity contribution in [1.82, 2.24) is 0 Å². The number of phosphoric ester groups is 2. The number of aliphatic hydroxyl groups is 1. The van der Waals surface area contributed by atoms with Gasteiger partial charge in [0, 0.05) is 25.7 Å². The van der Waals surface area contributed by atoms with Gasteiger partial charge in [0.15, 0.2) is 12.2 Å². The standard InChI is InChI=1S/C79H150O17P2/c1-5-9-13-17-21-25-29-33-36-40-44-48-52-56-60-64-77(82)90-70-75(96-79(84)66-62-58-54-50-46-42-38-35-31-27-23-19-15-11-7-3)72-94-98(87,88)92-68-73(80)67-91-97(85,86)93-71-74(69-89-76(81)63-59-55-51-47-43-39-32-28-24-20-16-12-8-4)95-78(83)65-61-57-53-49-45-41-37-34-30-26-22-18-14-10-6-2/h25,28-29,32,73-75,80H,5-24,26-27,30-31,33-72H2,1-4H3,(H,85,86)(H,87,88)/b29-25-,32-28-/t73-,74+,75+/m0/s1. The smallest absolute Gasteiger partial charge is 0.462 e. The van der Waals surface area contributed by atoms with Crippen molar-refractivity contribution in [3.05, 3.63) is 24.3 Å². The Kier molecular flexibility index (Phi) is 71.0. The van der Waals surface area contributed by atoms with Crippen molar-refractivity contribution >= 4 is 39.5 Å². The number of unbranched alkanes of at least 4 members (excludes halogenated alkanes) is 48. The molecule has 0 aromatic carbocycles. The fourth-order valence-corrected chi connectivity index (χ4v) is 13.3. The van der Waals surface area contributed by atoms with Gasteiger partial charge in [-0.1, -0.05) is 322 Å². The van der Waals surface area contributed by atoms with Crippen molar-refractivity contribution in [3.63, 3.8) is 0 Å². The fraction of sp³-hybridized carbons (Fsp3) is 0.899. The normalized spacial score (nSPS) is 14.0. The predicted octanol–water partition coefficient (Wildman–Crippen LogP) is 23.3. The number of carbonyl (C=O) groups is 4. The molecule has 19 heteroatoms. The van der Waals surface area contributed by atoms with Crippen molar-refractivity contribution in [2.24, 2.45) is 0 Å². The van der Waals surface area contributed by atoms with Crippen LogP contribution in [0.25, 0.3) is 0 Å². The Balaban J connectivity index is 5.29. The first-order valence-electron chi connectivity index (χ1n) is 40.6. The van der Waals surface area contributed by atoms with E-state index in [2.05, 4.69) is 52.0 Å². The van der Waals surface area contributed by atoms with E-state index in [9.17, 15) is 43.2 Å². The van der Waals surface area contributed by atoms with Crippen molar-refractivity contribution in [1.29, 1.82) is 0 Å². The molecule has 0 bridgehead atoms. The van der Waals surface area contributed by atoms with Crippen LogP contribution in [-0.4, -0.2) is 96.7 Å². The van der Waals surface area contributed by atoms with Crippen molar-refractivity contribution in [3.8, 4) is 0 Å². The monoisotopic (exact) mass is 1430 g/mol. The molecule has 0 saturated carbocycles. The number of allylic oxidation sites excluding steroid dienone is 4. The molecule has 0 aliphatic carbocycles. The highest BCUT2D eigenvalue weighted by molar-refractivity contribution is 7.47. The molecule has 0 aromatic heterocycles. The summed E-state index contributed by atoms with van der Waals surface area (Å²) in [7, 11) is -9.93. The van der Waals surface area contributed by atoms with Crippen LogP contribution in [0.5, 0.6) is 0 Å². The number of phosphoric acid groups is 2. The molecular weight excluding hydrogens is 1280 g/mol. The number of aliphatic hydroxyl groups excluding tert-OH is 1. The lowest BCUT2D eigenvalue weighted by Crippen LogP contribution is -2.30. The summed E-state index contributed by atoms with van der Waals surface area (Å²) in [6.07, 6.45) is 67.2. The third-order valence-corrected chi connectivity index (χ3v) is 19.8. The van der Waals surface area contributed by atoms with Gasteiger partial charge >= 0.3 is 39.5 Å². The van der Waals surface area contributed by atoms with Crippen LogP contribution in [-0.2, 0) is 65.4 Å². The lowest BCUT2D eigenvalue weighted by Gasteiger charge is -2.21. The Morgan fingerprint density at radius 1 is 0.276 bits per heavy atom. The van der Waals surface area contributed by atoms with E-state index in [1.807, 2.05) is 0 Å². The Morgan fingerprint density at radius 3 is 0.714 bits per heavy atom. The third kappa shape index (κ3) is 71.9. The molecule has 2 unspecified atom stereocenters. The summed E-state index contributed by atoms with van der Waals surface area (Å²) in [4.78, 5) is 73.0. The maximum atomic E-state index is 13.1. The Morgan fingerprint density at radius 2 is 0.469 bits per heavy atom. The maximum Gasteiger partial charge on any atom is 0.472 e. The maximum absolute atomic E-state index is 13.1. The molecule has 17 nitrogen and oxygen atoms in total. The van der Waals surface area contributed by atoms with Gasteiger partial charge in [-0.2, -0.15) is 0 Å². The highest BCUT2D eigenvalue weighted by Crippen LogP contribution is 2.45. The zero-order chi connectivity index (χ0) is 71.8. The molecule has 0 fully saturated rings. The summed E-state index contributed by atoms with van der Waals surface area (Å²) in [5.74, 6) is -2.13. The quantitative estimate of drug-likeness (QED) is 0.0169. The minimum atomic E-state index is -4.96. The first kappa shape index (κ1) is 95.5. The Hall–Kier alpha value is -2.46. The summed E-state index contributed by atoms with van der Waals surface area (Å²) < 4.78 is 68.6. The van der Waals surface area contributed by atoms with Gasteiger partial charge in [0.05, 0.1) is 26.4 Å². The second-order valence-corrected chi connectivity index (χ2v) is 30.6.